The number of hydrogen-bond donors (Lipinski definition) is 1. The van der Waals surface area contributed by atoms with E-state index in [-0.39, 0.29) is 47.2 Å². The Balaban J connectivity index is 1.15. The van der Waals surface area contributed by atoms with Gasteiger partial charge in [0.25, 0.3) is 11.8 Å². The first kappa shape index (κ1) is 28.4. The first-order valence-corrected chi connectivity index (χ1v) is 14.1. The molecule has 1 aromatic heterocycles. The lowest BCUT2D eigenvalue weighted by molar-refractivity contribution is -0.141. The van der Waals surface area contributed by atoms with Crippen molar-refractivity contribution in [2.75, 3.05) is 18.5 Å². The molecule has 40 heavy (non-hydrogen) atoms. The van der Waals surface area contributed by atoms with Crippen molar-refractivity contribution < 1.29 is 27.6 Å². The smallest absolute Gasteiger partial charge is 0.371 e. The van der Waals surface area contributed by atoms with Crippen molar-refractivity contribution in [2.45, 2.75) is 69.6 Å². The van der Waals surface area contributed by atoms with Crippen molar-refractivity contribution in [2.24, 2.45) is 11.8 Å². The van der Waals surface area contributed by atoms with Crippen molar-refractivity contribution in [1.82, 2.24) is 15.2 Å². The normalized spacial score (nSPS) is 25.5. The van der Waals surface area contributed by atoms with E-state index in [2.05, 4.69) is 10.3 Å². The third kappa shape index (κ3) is 6.11. The van der Waals surface area contributed by atoms with Crippen molar-refractivity contribution in [3.05, 3.63) is 47.1 Å². The van der Waals surface area contributed by atoms with E-state index < -0.39 is 11.9 Å². The number of anilines is 1. The van der Waals surface area contributed by atoms with Crippen LogP contribution in [0.1, 0.15) is 57.1 Å². The van der Waals surface area contributed by atoms with Crippen LogP contribution in [0.2, 0.25) is 5.02 Å². The number of rotatable bonds is 6. The van der Waals surface area contributed by atoms with Crippen LogP contribution < -0.4 is 10.2 Å². The highest BCUT2D eigenvalue weighted by molar-refractivity contribution is 6.31. The number of benzene rings is 1. The molecule has 11 heteroatoms. The molecule has 1 aromatic carbocycles. The highest BCUT2D eigenvalue weighted by Crippen LogP contribution is 2.38. The van der Waals surface area contributed by atoms with Gasteiger partial charge in [-0.25, -0.2) is 4.98 Å². The van der Waals surface area contributed by atoms with Crippen LogP contribution in [0.25, 0.3) is 10.9 Å². The van der Waals surface area contributed by atoms with Gasteiger partial charge in [0.15, 0.2) is 0 Å². The predicted octanol–water partition coefficient (Wildman–Crippen LogP) is 5.50. The molecule has 2 aliphatic carbocycles. The van der Waals surface area contributed by atoms with Crippen LogP contribution in [0.15, 0.2) is 36.4 Å². The van der Waals surface area contributed by atoms with E-state index in [9.17, 15) is 27.6 Å². The van der Waals surface area contributed by atoms with E-state index in [1.54, 1.807) is 13.1 Å². The number of amides is 3. The van der Waals surface area contributed by atoms with Crippen LogP contribution in [0.3, 0.4) is 0 Å². The van der Waals surface area contributed by atoms with Crippen LogP contribution in [0, 0.1) is 11.8 Å². The third-order valence-electron chi connectivity index (χ3n) is 8.57. The third-order valence-corrected chi connectivity index (χ3v) is 8.80. The molecular formula is C29H32ClF3N4O3. The second kappa shape index (κ2) is 11.4. The Morgan fingerprint density at radius 3 is 2.30 bits per heavy atom. The molecule has 0 unspecified atom stereocenters. The Morgan fingerprint density at radius 2 is 1.68 bits per heavy atom. The molecule has 1 N–H and O–H groups in total. The molecule has 0 atom stereocenters. The van der Waals surface area contributed by atoms with Crippen molar-refractivity contribution >= 4 is 45.9 Å². The van der Waals surface area contributed by atoms with Crippen molar-refractivity contribution in [3.8, 4) is 0 Å². The van der Waals surface area contributed by atoms with Gasteiger partial charge in [-0.15, -0.1) is 0 Å². The van der Waals surface area contributed by atoms with E-state index in [0.717, 1.165) is 57.4 Å². The van der Waals surface area contributed by atoms with E-state index in [1.807, 2.05) is 4.90 Å². The fourth-order valence-corrected chi connectivity index (χ4v) is 6.39. The topological polar surface area (TPSA) is 82.6 Å². The summed E-state index contributed by atoms with van der Waals surface area (Å²) in [6, 6.07) is 5.82. The number of nitrogens with zero attached hydrogens (tertiary/aromatic N) is 3. The molecule has 2 saturated carbocycles. The number of fused-ring (bicyclic) bond motifs is 1. The van der Waals surface area contributed by atoms with Crippen LogP contribution in [0.4, 0.5) is 18.9 Å². The van der Waals surface area contributed by atoms with Gasteiger partial charge < -0.3 is 10.2 Å². The van der Waals surface area contributed by atoms with E-state index in [4.69, 9.17) is 11.6 Å². The molecule has 3 aliphatic rings. The molecule has 3 amide bonds. The summed E-state index contributed by atoms with van der Waals surface area (Å²) in [5.41, 5.74) is -0.251. The Kier molecular flexibility index (Phi) is 8.08. The SMILES string of the molecule is CN(c1cc(C(F)(F)F)nc2ccc(Cl)cc12)[C@H]1CC[C@@H](NC(=O)[C@H]2CC[C@H](CN3C(=O)C=CC3=O)CC2)CC1. The maximum absolute atomic E-state index is 13.6. The molecule has 7 nitrogen and oxygen atoms in total. The molecular weight excluding hydrogens is 545 g/mol. The Hall–Kier alpha value is -3.14. The summed E-state index contributed by atoms with van der Waals surface area (Å²) in [5, 5.41) is 4.20. The zero-order valence-corrected chi connectivity index (χ0v) is 23.0. The average molecular weight is 577 g/mol. The summed E-state index contributed by atoms with van der Waals surface area (Å²) in [4.78, 5) is 43.6. The first-order chi connectivity index (χ1) is 19.0. The van der Waals surface area contributed by atoms with E-state index in [1.165, 1.54) is 29.2 Å². The predicted molar refractivity (Wildman–Crippen MR) is 146 cm³/mol. The lowest BCUT2D eigenvalue weighted by Gasteiger charge is -2.37. The van der Waals surface area contributed by atoms with Crippen molar-refractivity contribution in [3.63, 3.8) is 0 Å². The molecule has 1 aliphatic heterocycles. The van der Waals surface area contributed by atoms with Gasteiger partial charge in [0.2, 0.25) is 5.91 Å². The van der Waals surface area contributed by atoms with Gasteiger partial charge in [-0.3, -0.25) is 19.3 Å². The van der Waals surface area contributed by atoms with Gasteiger partial charge in [0.05, 0.1) is 5.52 Å². The van der Waals surface area contributed by atoms with Crippen molar-refractivity contribution in [1.29, 1.82) is 0 Å². The minimum atomic E-state index is -4.56. The molecule has 0 radical (unpaired) electrons. The number of aromatic nitrogens is 1. The zero-order valence-electron chi connectivity index (χ0n) is 22.2. The van der Waals surface area contributed by atoms with Gasteiger partial charge in [-0.05, 0) is 81.5 Å². The zero-order chi connectivity index (χ0) is 28.6. The average Bonchev–Trinajstić information content (AvgIpc) is 3.24. The number of pyridine rings is 1. The number of nitrogens with one attached hydrogen (secondary N) is 1. The molecule has 0 saturated heterocycles. The highest BCUT2D eigenvalue weighted by Gasteiger charge is 2.36. The number of carbonyl (C=O) groups excluding carboxylic acids is 3. The summed E-state index contributed by atoms with van der Waals surface area (Å²) < 4.78 is 40.7. The Morgan fingerprint density at radius 1 is 1.02 bits per heavy atom. The Labute approximate surface area is 235 Å². The second-order valence-corrected chi connectivity index (χ2v) is 11.6. The van der Waals surface area contributed by atoms with Crippen LogP contribution in [0.5, 0.6) is 0 Å². The summed E-state index contributed by atoms with van der Waals surface area (Å²) in [6.07, 6.45) is 3.96. The summed E-state index contributed by atoms with van der Waals surface area (Å²) >= 11 is 6.16. The van der Waals surface area contributed by atoms with Gasteiger partial charge >= 0.3 is 6.18 Å². The quantitative estimate of drug-likeness (QED) is 0.459. The maximum Gasteiger partial charge on any atom is 0.433 e. The lowest BCUT2D eigenvalue weighted by Crippen LogP contribution is -2.45. The molecule has 0 bridgehead atoms. The van der Waals surface area contributed by atoms with Crippen LogP contribution in [-0.4, -0.2) is 53.3 Å². The number of hydrogen-bond acceptors (Lipinski definition) is 5. The minimum absolute atomic E-state index is 0.0137. The molecule has 2 fully saturated rings. The largest absolute Gasteiger partial charge is 0.433 e. The van der Waals surface area contributed by atoms with Crippen LogP contribution >= 0.6 is 11.6 Å². The number of imide groups is 1. The summed E-state index contributed by atoms with van der Waals surface area (Å²) in [6.45, 7) is 0.403. The van der Waals surface area contributed by atoms with Gasteiger partial charge in [-0.2, -0.15) is 13.2 Å². The van der Waals surface area contributed by atoms with Gasteiger partial charge in [-0.1, -0.05) is 11.6 Å². The van der Waals surface area contributed by atoms with Gasteiger partial charge in [0, 0.05) is 59.8 Å². The number of halogens is 4. The summed E-state index contributed by atoms with van der Waals surface area (Å²) in [7, 11) is 1.80. The lowest BCUT2D eigenvalue weighted by atomic mass is 9.81. The standard InChI is InChI=1S/C29H32ClF3N4O3/c1-36(24-15-25(29(31,32)33)35-23-11-6-19(30)14-22(23)24)21-9-7-20(8-10-21)34-28(40)18-4-2-17(3-5-18)16-37-26(38)12-13-27(37)39/h6,11-15,17-18,20-21H,2-5,7-10,16H2,1H3,(H,34,40)/t17-,18-,20-,21+. The fourth-order valence-electron chi connectivity index (χ4n) is 6.22. The monoisotopic (exact) mass is 576 g/mol. The molecule has 0 spiro atoms. The maximum atomic E-state index is 13.6. The summed E-state index contributed by atoms with van der Waals surface area (Å²) in [5.74, 6) is -0.385. The molecule has 214 valence electrons. The first-order valence-electron chi connectivity index (χ1n) is 13.7. The van der Waals surface area contributed by atoms with Crippen LogP contribution in [-0.2, 0) is 20.6 Å². The Bertz CT molecular complexity index is 1310. The molecule has 2 heterocycles. The number of carbonyl (C=O) groups is 3. The van der Waals surface area contributed by atoms with E-state index in [0.29, 0.717) is 22.6 Å². The minimum Gasteiger partial charge on any atom is -0.371 e. The molecule has 2 aromatic rings. The molecule has 5 rings (SSSR count). The number of alkyl halides is 3. The highest BCUT2D eigenvalue weighted by atomic mass is 35.5. The fraction of sp³-hybridized carbons (Fsp3) is 0.517. The second-order valence-electron chi connectivity index (χ2n) is 11.1. The van der Waals surface area contributed by atoms with E-state index >= 15 is 0 Å². The van der Waals surface area contributed by atoms with Gasteiger partial charge in [0.1, 0.15) is 5.69 Å².